The van der Waals surface area contributed by atoms with Crippen molar-refractivity contribution in [2.45, 2.75) is 57.3 Å². The summed E-state index contributed by atoms with van der Waals surface area (Å²) in [5.41, 5.74) is 1.56. The van der Waals surface area contributed by atoms with Gasteiger partial charge in [-0.15, -0.1) is 0 Å². The van der Waals surface area contributed by atoms with Crippen LogP contribution in [0.4, 0.5) is 4.39 Å². The molecule has 1 saturated carbocycles. The van der Waals surface area contributed by atoms with Crippen LogP contribution in [-0.2, 0) is 35.8 Å². The molecule has 0 unspecified atom stereocenters. The summed E-state index contributed by atoms with van der Waals surface area (Å²) in [6, 6.07) is 21.7. The van der Waals surface area contributed by atoms with Crippen molar-refractivity contribution in [3.63, 3.8) is 0 Å². The fourth-order valence-electron chi connectivity index (χ4n) is 6.29. The predicted molar refractivity (Wildman–Crippen MR) is 153 cm³/mol. The normalized spacial score (nSPS) is 24.2. The zero-order chi connectivity index (χ0) is 28.2. The standard InChI is InChI=1S/C34H39FO5/c1-33(2,3)40-32(36)22-37-17-7-6-10-30-29(21-38-20-24-11-12-25-8-4-5-9-26(25)18-24)31-19-34(30,23-39-31)27-13-15-28(35)16-14-27/h4-9,11-16,18,29-31H,10,17,19-23H2,1-3H3/b7-6-/t29-,30-,31-,34-/m0/s1. The minimum atomic E-state index is -0.528. The maximum Gasteiger partial charge on any atom is 0.332 e. The third-order valence-corrected chi connectivity index (χ3v) is 8.05. The van der Waals surface area contributed by atoms with E-state index in [1.165, 1.54) is 10.8 Å². The van der Waals surface area contributed by atoms with Gasteiger partial charge in [-0.2, -0.15) is 0 Å². The van der Waals surface area contributed by atoms with Gasteiger partial charge in [0.1, 0.15) is 18.0 Å². The van der Waals surface area contributed by atoms with E-state index in [-0.39, 0.29) is 41.7 Å². The number of rotatable bonds is 11. The largest absolute Gasteiger partial charge is 0.458 e. The molecule has 5 rings (SSSR count). The van der Waals surface area contributed by atoms with Gasteiger partial charge in [0.15, 0.2) is 0 Å². The molecule has 0 radical (unpaired) electrons. The molecule has 3 aromatic rings. The first kappa shape index (κ1) is 28.5. The Morgan fingerprint density at radius 2 is 1.80 bits per heavy atom. The number of carbonyl (C=O) groups excluding carboxylic acids is 1. The van der Waals surface area contributed by atoms with Crippen LogP contribution in [0.25, 0.3) is 10.8 Å². The SMILES string of the molecule is CC(C)(C)OC(=O)COC/C=C\C[C@H]1[C@H](COCc2ccc3ccccc3c2)[C@@H]2C[C@@]1(c1ccc(F)cc1)CO2. The molecule has 0 aromatic heterocycles. The summed E-state index contributed by atoms with van der Waals surface area (Å²) in [6.45, 7) is 7.52. The molecule has 2 bridgehead atoms. The van der Waals surface area contributed by atoms with Gasteiger partial charge in [-0.3, -0.25) is 0 Å². The molecule has 3 aromatic carbocycles. The molecule has 0 N–H and O–H groups in total. The van der Waals surface area contributed by atoms with Crippen LogP contribution >= 0.6 is 0 Å². The zero-order valence-corrected chi connectivity index (χ0v) is 23.6. The molecule has 40 heavy (non-hydrogen) atoms. The van der Waals surface area contributed by atoms with Gasteiger partial charge in [-0.25, -0.2) is 9.18 Å². The Balaban J connectivity index is 1.23. The summed E-state index contributed by atoms with van der Waals surface area (Å²) in [4.78, 5) is 11.9. The summed E-state index contributed by atoms with van der Waals surface area (Å²) in [5.74, 6) is -0.116. The number of esters is 1. The van der Waals surface area contributed by atoms with Crippen molar-refractivity contribution >= 4 is 16.7 Å². The molecule has 1 heterocycles. The molecule has 5 nitrogen and oxygen atoms in total. The highest BCUT2D eigenvalue weighted by atomic mass is 19.1. The highest BCUT2D eigenvalue weighted by molar-refractivity contribution is 5.82. The van der Waals surface area contributed by atoms with Gasteiger partial charge in [-0.1, -0.05) is 60.7 Å². The van der Waals surface area contributed by atoms with Crippen molar-refractivity contribution < 1.29 is 28.1 Å². The monoisotopic (exact) mass is 546 g/mol. The average Bonchev–Trinajstić information content (AvgIpc) is 3.48. The Labute approximate surface area is 236 Å². The minimum Gasteiger partial charge on any atom is -0.458 e. The first-order chi connectivity index (χ1) is 19.2. The second-order valence-corrected chi connectivity index (χ2v) is 12.0. The Kier molecular flexibility index (Phi) is 8.69. The van der Waals surface area contributed by atoms with Crippen LogP contribution in [0.15, 0.2) is 78.9 Å². The fraction of sp³-hybridized carbons (Fsp3) is 0.441. The number of carbonyl (C=O) groups is 1. The van der Waals surface area contributed by atoms with Gasteiger partial charge >= 0.3 is 5.97 Å². The third kappa shape index (κ3) is 6.63. The maximum absolute atomic E-state index is 13.8. The molecule has 1 saturated heterocycles. The molecule has 1 aliphatic heterocycles. The van der Waals surface area contributed by atoms with Crippen LogP contribution in [0.1, 0.15) is 44.7 Å². The maximum atomic E-state index is 13.8. The van der Waals surface area contributed by atoms with Crippen LogP contribution in [0, 0.1) is 17.7 Å². The van der Waals surface area contributed by atoms with Gasteiger partial charge < -0.3 is 18.9 Å². The Hall–Kier alpha value is -3.06. The van der Waals surface area contributed by atoms with Crippen LogP contribution in [-0.4, -0.2) is 44.1 Å². The predicted octanol–water partition coefficient (Wildman–Crippen LogP) is 6.77. The van der Waals surface area contributed by atoms with Crippen molar-refractivity contribution in [3.05, 3.63) is 95.8 Å². The van der Waals surface area contributed by atoms with Crippen LogP contribution in [0.2, 0.25) is 0 Å². The Morgan fingerprint density at radius 1 is 1.02 bits per heavy atom. The van der Waals surface area contributed by atoms with Crippen LogP contribution in [0.3, 0.4) is 0 Å². The number of hydrogen-bond donors (Lipinski definition) is 0. The van der Waals surface area contributed by atoms with Crippen molar-refractivity contribution in [2.24, 2.45) is 11.8 Å². The highest BCUT2D eigenvalue weighted by Gasteiger charge is 2.59. The number of allylic oxidation sites excluding steroid dienone is 1. The molecule has 6 heteroatoms. The van der Waals surface area contributed by atoms with Crippen molar-refractivity contribution in [1.82, 2.24) is 0 Å². The average molecular weight is 547 g/mol. The quantitative estimate of drug-likeness (QED) is 0.151. The molecular formula is C34H39FO5. The lowest BCUT2D eigenvalue weighted by molar-refractivity contribution is -0.159. The summed E-state index contributed by atoms with van der Waals surface area (Å²) < 4.78 is 37.2. The Morgan fingerprint density at radius 3 is 2.58 bits per heavy atom. The molecule has 4 atom stereocenters. The second kappa shape index (κ2) is 12.2. The first-order valence-electron chi connectivity index (χ1n) is 14.1. The topological polar surface area (TPSA) is 54.0 Å². The lowest BCUT2D eigenvalue weighted by Crippen LogP contribution is -2.41. The van der Waals surface area contributed by atoms with Crippen LogP contribution < -0.4 is 0 Å². The van der Waals surface area contributed by atoms with Gasteiger partial charge in [0, 0.05) is 11.3 Å². The number of fused-ring (bicyclic) bond motifs is 3. The summed E-state index contributed by atoms with van der Waals surface area (Å²) in [5, 5.41) is 2.43. The van der Waals surface area contributed by atoms with E-state index in [1.807, 2.05) is 45.0 Å². The molecule has 0 spiro atoms. The fourth-order valence-corrected chi connectivity index (χ4v) is 6.29. The van der Waals surface area contributed by atoms with Crippen molar-refractivity contribution in [3.8, 4) is 0 Å². The smallest absolute Gasteiger partial charge is 0.332 e. The Bertz CT molecular complexity index is 1330. The third-order valence-electron chi connectivity index (χ3n) is 8.05. The van der Waals surface area contributed by atoms with E-state index < -0.39 is 5.60 Å². The van der Waals surface area contributed by atoms with E-state index in [2.05, 4.69) is 42.5 Å². The lowest BCUT2D eigenvalue weighted by Gasteiger charge is -2.39. The lowest BCUT2D eigenvalue weighted by atomic mass is 9.69. The second-order valence-electron chi connectivity index (χ2n) is 12.0. The number of hydrogen-bond acceptors (Lipinski definition) is 5. The van der Waals surface area contributed by atoms with E-state index >= 15 is 0 Å². The van der Waals surface area contributed by atoms with Gasteiger partial charge in [0.25, 0.3) is 0 Å². The van der Waals surface area contributed by atoms with E-state index in [1.54, 1.807) is 12.1 Å². The van der Waals surface area contributed by atoms with Crippen molar-refractivity contribution in [2.75, 3.05) is 26.4 Å². The number of ether oxygens (including phenoxy) is 4. The molecule has 2 fully saturated rings. The van der Waals surface area contributed by atoms with Gasteiger partial charge in [-0.05, 0) is 79.6 Å². The molecular weight excluding hydrogens is 507 g/mol. The van der Waals surface area contributed by atoms with Gasteiger partial charge in [0.2, 0.25) is 0 Å². The summed E-state index contributed by atoms with van der Waals surface area (Å²) >= 11 is 0. The zero-order valence-electron chi connectivity index (χ0n) is 23.6. The molecule has 0 amide bonds. The highest BCUT2D eigenvalue weighted by Crippen LogP contribution is 2.56. The van der Waals surface area contributed by atoms with E-state index in [4.69, 9.17) is 18.9 Å². The summed E-state index contributed by atoms with van der Waals surface area (Å²) in [7, 11) is 0. The molecule has 2 aliphatic rings. The number of benzene rings is 3. The minimum absolute atomic E-state index is 0.0777. The molecule has 1 aliphatic carbocycles. The van der Waals surface area contributed by atoms with Crippen LogP contribution in [0.5, 0.6) is 0 Å². The van der Waals surface area contributed by atoms with E-state index in [9.17, 15) is 9.18 Å². The first-order valence-corrected chi connectivity index (χ1v) is 14.1. The van der Waals surface area contributed by atoms with E-state index in [0.29, 0.717) is 26.4 Å². The van der Waals surface area contributed by atoms with Crippen molar-refractivity contribution in [1.29, 1.82) is 0 Å². The molecule has 212 valence electrons. The van der Waals surface area contributed by atoms with Gasteiger partial charge in [0.05, 0.1) is 32.5 Å². The number of halogens is 1. The summed E-state index contributed by atoms with van der Waals surface area (Å²) in [6.07, 6.45) is 5.90. The van der Waals surface area contributed by atoms with E-state index in [0.717, 1.165) is 24.0 Å².